The van der Waals surface area contributed by atoms with Gasteiger partial charge in [0.2, 0.25) is 0 Å². The molecule has 1 saturated heterocycles. The zero-order valence-electron chi connectivity index (χ0n) is 10.2. The number of carboxylic acids is 1. The molecule has 3 heteroatoms. The van der Waals surface area contributed by atoms with Crippen molar-refractivity contribution in [3.63, 3.8) is 0 Å². The monoisotopic (exact) mass is 213 g/mol. The zero-order chi connectivity index (χ0) is 11.6. The number of rotatable bonds is 3. The quantitative estimate of drug-likeness (QED) is 0.781. The molecule has 1 aliphatic heterocycles. The minimum atomic E-state index is -0.675. The number of carbonyl (C=O) groups is 1. The lowest BCUT2D eigenvalue weighted by molar-refractivity contribution is -0.147. The van der Waals surface area contributed by atoms with Crippen molar-refractivity contribution in [2.24, 2.45) is 11.8 Å². The summed E-state index contributed by atoms with van der Waals surface area (Å²) in [6, 6.07) is 0.0741. The van der Waals surface area contributed by atoms with Crippen molar-refractivity contribution >= 4 is 5.97 Å². The second-order valence-electron chi connectivity index (χ2n) is 5.13. The average Bonchev–Trinajstić information content (AvgIpc) is 2.11. The maximum absolute atomic E-state index is 11.3. The van der Waals surface area contributed by atoms with Crippen molar-refractivity contribution in [3.05, 3.63) is 0 Å². The van der Waals surface area contributed by atoms with Crippen LogP contribution in [0.3, 0.4) is 0 Å². The Morgan fingerprint density at radius 2 is 2.00 bits per heavy atom. The van der Waals surface area contributed by atoms with Gasteiger partial charge < -0.3 is 5.11 Å². The summed E-state index contributed by atoms with van der Waals surface area (Å²) in [5.41, 5.74) is 0. The molecule has 0 aromatic heterocycles. The summed E-state index contributed by atoms with van der Waals surface area (Å²) in [6.45, 7) is 9.29. The number of hydrogen-bond donors (Lipinski definition) is 1. The molecule has 1 fully saturated rings. The van der Waals surface area contributed by atoms with Gasteiger partial charge in [-0.15, -0.1) is 0 Å². The Kier molecular flexibility index (Phi) is 4.14. The summed E-state index contributed by atoms with van der Waals surface area (Å²) in [4.78, 5) is 13.4. The van der Waals surface area contributed by atoms with Gasteiger partial charge >= 0.3 is 5.97 Å². The molecule has 3 atom stereocenters. The van der Waals surface area contributed by atoms with E-state index in [1.807, 2.05) is 13.8 Å². The molecule has 88 valence electrons. The molecule has 0 amide bonds. The van der Waals surface area contributed by atoms with Crippen molar-refractivity contribution in [1.82, 2.24) is 4.90 Å². The molecule has 1 aliphatic rings. The Bertz CT molecular complexity index is 228. The third kappa shape index (κ3) is 2.71. The fourth-order valence-electron chi connectivity index (χ4n) is 2.57. The highest BCUT2D eigenvalue weighted by molar-refractivity contribution is 5.73. The summed E-state index contributed by atoms with van der Waals surface area (Å²) < 4.78 is 0. The van der Waals surface area contributed by atoms with Gasteiger partial charge in [0, 0.05) is 6.04 Å². The summed E-state index contributed by atoms with van der Waals surface area (Å²) in [7, 11) is 0. The molecule has 15 heavy (non-hydrogen) atoms. The number of likely N-dealkylation sites (tertiary alicyclic amines) is 1. The second kappa shape index (κ2) is 4.97. The zero-order valence-corrected chi connectivity index (χ0v) is 10.2. The number of carboxylic acid groups (broad SMARTS) is 1. The summed E-state index contributed by atoms with van der Waals surface area (Å²) in [5, 5.41) is 9.26. The van der Waals surface area contributed by atoms with Crippen LogP contribution in [-0.4, -0.2) is 34.6 Å². The third-order valence-electron chi connectivity index (χ3n) is 3.66. The van der Waals surface area contributed by atoms with Crippen LogP contribution in [0.5, 0.6) is 0 Å². The highest BCUT2D eigenvalue weighted by Gasteiger charge is 2.35. The topological polar surface area (TPSA) is 40.5 Å². The van der Waals surface area contributed by atoms with E-state index >= 15 is 0 Å². The number of aliphatic carboxylic acids is 1. The van der Waals surface area contributed by atoms with Crippen LogP contribution >= 0.6 is 0 Å². The fraction of sp³-hybridized carbons (Fsp3) is 0.917. The van der Waals surface area contributed by atoms with Gasteiger partial charge in [0.1, 0.15) is 6.04 Å². The van der Waals surface area contributed by atoms with Gasteiger partial charge in [0.15, 0.2) is 0 Å². The first kappa shape index (κ1) is 12.5. The maximum atomic E-state index is 11.3. The molecule has 0 bridgehead atoms. The Hall–Kier alpha value is -0.570. The van der Waals surface area contributed by atoms with Crippen LogP contribution < -0.4 is 0 Å². The molecule has 1 rings (SSSR count). The van der Waals surface area contributed by atoms with E-state index in [1.54, 1.807) is 0 Å². The maximum Gasteiger partial charge on any atom is 0.321 e. The van der Waals surface area contributed by atoms with Gasteiger partial charge in [0.05, 0.1) is 0 Å². The van der Waals surface area contributed by atoms with E-state index in [0.717, 1.165) is 13.0 Å². The Morgan fingerprint density at radius 3 is 2.47 bits per heavy atom. The predicted octanol–water partition coefficient (Wildman–Crippen LogP) is 2.22. The van der Waals surface area contributed by atoms with Crippen LogP contribution in [0.4, 0.5) is 0 Å². The standard InChI is InChI=1S/C12H23NO2/c1-8(2)11(12(14)15)13-7-5-6-9(3)10(13)4/h8-11H,5-7H2,1-4H3,(H,14,15). The molecular weight excluding hydrogens is 190 g/mol. The molecule has 3 nitrogen and oxygen atoms in total. The van der Waals surface area contributed by atoms with Gasteiger partial charge in [0.25, 0.3) is 0 Å². The molecule has 0 saturated carbocycles. The lowest BCUT2D eigenvalue weighted by Gasteiger charge is -2.42. The highest BCUT2D eigenvalue weighted by Crippen LogP contribution is 2.27. The van der Waals surface area contributed by atoms with Crippen molar-refractivity contribution in [1.29, 1.82) is 0 Å². The van der Waals surface area contributed by atoms with Crippen LogP contribution in [0.2, 0.25) is 0 Å². The van der Waals surface area contributed by atoms with Crippen LogP contribution in [-0.2, 0) is 4.79 Å². The highest BCUT2D eigenvalue weighted by atomic mass is 16.4. The van der Waals surface area contributed by atoms with E-state index < -0.39 is 5.97 Å². The van der Waals surface area contributed by atoms with E-state index in [9.17, 15) is 9.90 Å². The average molecular weight is 213 g/mol. The number of nitrogens with zero attached hydrogens (tertiary/aromatic N) is 1. The molecular formula is C12H23NO2. The summed E-state index contributed by atoms with van der Waals surface area (Å²) in [6.07, 6.45) is 2.35. The molecule has 1 heterocycles. The molecule has 0 radical (unpaired) electrons. The van der Waals surface area contributed by atoms with Crippen molar-refractivity contribution in [2.75, 3.05) is 6.54 Å². The van der Waals surface area contributed by atoms with Gasteiger partial charge in [-0.05, 0) is 38.1 Å². The first-order chi connectivity index (χ1) is 6.95. The van der Waals surface area contributed by atoms with Crippen LogP contribution in [0, 0.1) is 11.8 Å². The normalized spacial score (nSPS) is 30.5. The fourth-order valence-corrected chi connectivity index (χ4v) is 2.57. The predicted molar refractivity (Wildman–Crippen MR) is 60.8 cm³/mol. The van der Waals surface area contributed by atoms with Crippen LogP contribution in [0.1, 0.15) is 40.5 Å². The van der Waals surface area contributed by atoms with E-state index in [0.29, 0.717) is 12.0 Å². The largest absolute Gasteiger partial charge is 0.480 e. The Morgan fingerprint density at radius 1 is 1.40 bits per heavy atom. The third-order valence-corrected chi connectivity index (χ3v) is 3.66. The first-order valence-electron chi connectivity index (χ1n) is 5.93. The minimum absolute atomic E-state index is 0.176. The molecule has 0 aromatic carbocycles. The minimum Gasteiger partial charge on any atom is -0.480 e. The van der Waals surface area contributed by atoms with Crippen molar-refractivity contribution < 1.29 is 9.90 Å². The van der Waals surface area contributed by atoms with Gasteiger partial charge in [-0.25, -0.2) is 0 Å². The molecule has 3 unspecified atom stereocenters. The van der Waals surface area contributed by atoms with Gasteiger partial charge in [-0.3, -0.25) is 9.69 Å². The summed E-state index contributed by atoms with van der Waals surface area (Å²) in [5.74, 6) is 0.112. The first-order valence-corrected chi connectivity index (χ1v) is 5.93. The lowest BCUT2D eigenvalue weighted by Crippen LogP contribution is -2.53. The Labute approximate surface area is 92.5 Å². The molecule has 0 aromatic rings. The van der Waals surface area contributed by atoms with Gasteiger partial charge in [-0.2, -0.15) is 0 Å². The van der Waals surface area contributed by atoms with Crippen molar-refractivity contribution in [3.8, 4) is 0 Å². The Balaban J connectivity index is 2.78. The van der Waals surface area contributed by atoms with Crippen LogP contribution in [0.15, 0.2) is 0 Å². The number of hydrogen-bond acceptors (Lipinski definition) is 2. The van der Waals surface area contributed by atoms with E-state index in [1.165, 1.54) is 6.42 Å². The van der Waals surface area contributed by atoms with E-state index in [4.69, 9.17) is 0 Å². The molecule has 0 aliphatic carbocycles. The number of piperidine rings is 1. The van der Waals surface area contributed by atoms with E-state index in [2.05, 4.69) is 18.7 Å². The van der Waals surface area contributed by atoms with Crippen LogP contribution in [0.25, 0.3) is 0 Å². The second-order valence-corrected chi connectivity index (χ2v) is 5.13. The molecule has 0 spiro atoms. The van der Waals surface area contributed by atoms with Gasteiger partial charge in [-0.1, -0.05) is 20.8 Å². The SMILES string of the molecule is CC(C)C(C(=O)O)N1CCCC(C)C1C. The lowest BCUT2D eigenvalue weighted by atomic mass is 9.88. The van der Waals surface area contributed by atoms with Crippen molar-refractivity contribution in [2.45, 2.75) is 52.6 Å². The van der Waals surface area contributed by atoms with E-state index in [-0.39, 0.29) is 12.0 Å². The molecule has 1 N–H and O–H groups in total. The summed E-state index contributed by atoms with van der Waals surface area (Å²) >= 11 is 0. The smallest absolute Gasteiger partial charge is 0.321 e.